The second-order valence-corrected chi connectivity index (χ2v) is 5.64. The molecule has 0 bridgehead atoms. The molecule has 0 radical (unpaired) electrons. The third-order valence-electron chi connectivity index (χ3n) is 3.61. The minimum Gasteiger partial charge on any atom is -0.280 e. The van der Waals surface area contributed by atoms with E-state index in [9.17, 15) is 4.79 Å². The summed E-state index contributed by atoms with van der Waals surface area (Å²) in [5.41, 5.74) is 3.87. The highest BCUT2D eigenvalue weighted by Crippen LogP contribution is 2.35. The molecule has 0 saturated carbocycles. The van der Waals surface area contributed by atoms with Crippen LogP contribution in [0.15, 0.2) is 84.9 Å². The molecule has 0 N–H and O–H groups in total. The maximum atomic E-state index is 12.6. The first kappa shape index (κ1) is 15.5. The number of alkyl halides is 1. The lowest BCUT2D eigenvalue weighted by Gasteiger charge is -2.25. The van der Waals surface area contributed by atoms with Crippen LogP contribution in [0.2, 0.25) is 0 Å². The van der Waals surface area contributed by atoms with Gasteiger partial charge in [-0.3, -0.25) is 9.69 Å². The zero-order valence-corrected chi connectivity index (χ0v) is 14.1. The predicted octanol–water partition coefficient (Wildman–Crippen LogP) is 5.41. The van der Waals surface area contributed by atoms with Crippen LogP contribution in [0.1, 0.15) is 0 Å². The number of rotatable bonds is 4. The van der Waals surface area contributed by atoms with Crippen molar-refractivity contribution < 1.29 is 4.79 Å². The Morgan fingerprint density at radius 3 is 2.00 bits per heavy atom. The van der Waals surface area contributed by atoms with E-state index in [1.54, 1.807) is 4.90 Å². The number of hydrogen-bond donors (Lipinski definition) is 0. The number of benzene rings is 3. The molecule has 2 nitrogen and oxygen atoms in total. The van der Waals surface area contributed by atoms with Crippen molar-refractivity contribution in [2.45, 2.75) is 0 Å². The monoisotopic (exact) mass is 365 g/mol. The number of anilines is 2. The highest BCUT2D eigenvalue weighted by atomic mass is 79.9. The fraction of sp³-hybridized carbons (Fsp3) is 0.0500. The first-order valence-electron chi connectivity index (χ1n) is 7.39. The van der Waals surface area contributed by atoms with E-state index in [0.717, 1.165) is 22.5 Å². The highest BCUT2D eigenvalue weighted by Gasteiger charge is 2.19. The minimum atomic E-state index is -0.000388. The molecule has 0 aliphatic rings. The van der Waals surface area contributed by atoms with Crippen LogP contribution < -0.4 is 4.90 Å². The number of nitrogens with zero attached hydrogens (tertiary/aromatic N) is 1. The smallest absolute Gasteiger partial charge is 0.242 e. The Balaban J connectivity index is 2.16. The maximum absolute atomic E-state index is 12.6. The number of carbonyl (C=O) groups is 1. The highest BCUT2D eigenvalue weighted by molar-refractivity contribution is 9.09. The SMILES string of the molecule is O=C(CBr)N(c1ccccc1)c1ccccc1-c1ccccc1. The molecule has 114 valence electrons. The third kappa shape index (κ3) is 3.35. The Morgan fingerprint density at radius 1 is 0.783 bits per heavy atom. The normalized spacial score (nSPS) is 10.3. The summed E-state index contributed by atoms with van der Waals surface area (Å²) in [7, 11) is 0. The van der Waals surface area contributed by atoms with Gasteiger partial charge in [-0.15, -0.1) is 0 Å². The van der Waals surface area contributed by atoms with Crippen LogP contribution in [-0.2, 0) is 4.79 Å². The van der Waals surface area contributed by atoms with Gasteiger partial charge >= 0.3 is 0 Å². The zero-order valence-electron chi connectivity index (χ0n) is 12.5. The van der Waals surface area contributed by atoms with E-state index in [2.05, 4.69) is 28.1 Å². The van der Waals surface area contributed by atoms with Crippen LogP contribution in [0.5, 0.6) is 0 Å². The Morgan fingerprint density at radius 2 is 1.35 bits per heavy atom. The van der Waals surface area contributed by atoms with Crippen LogP contribution in [-0.4, -0.2) is 11.2 Å². The van der Waals surface area contributed by atoms with Gasteiger partial charge in [-0.25, -0.2) is 0 Å². The minimum absolute atomic E-state index is 0.000388. The molecule has 0 heterocycles. The van der Waals surface area contributed by atoms with E-state index in [4.69, 9.17) is 0 Å². The molecule has 3 aromatic rings. The van der Waals surface area contributed by atoms with E-state index in [0.29, 0.717) is 0 Å². The molecule has 0 aliphatic carbocycles. The summed E-state index contributed by atoms with van der Waals surface area (Å²) in [4.78, 5) is 14.3. The second kappa shape index (κ2) is 7.25. The summed E-state index contributed by atoms with van der Waals surface area (Å²) in [5.74, 6) is -0.000388. The first-order valence-corrected chi connectivity index (χ1v) is 8.52. The van der Waals surface area contributed by atoms with E-state index >= 15 is 0 Å². The van der Waals surface area contributed by atoms with Crippen LogP contribution in [0.25, 0.3) is 11.1 Å². The van der Waals surface area contributed by atoms with Gasteiger partial charge in [0.1, 0.15) is 0 Å². The van der Waals surface area contributed by atoms with Crippen molar-refractivity contribution in [1.82, 2.24) is 0 Å². The molecule has 0 fully saturated rings. The topological polar surface area (TPSA) is 20.3 Å². The maximum Gasteiger partial charge on any atom is 0.242 e. The van der Waals surface area contributed by atoms with Gasteiger partial charge in [0.15, 0.2) is 0 Å². The summed E-state index contributed by atoms with van der Waals surface area (Å²) < 4.78 is 0. The van der Waals surface area contributed by atoms with Crippen molar-refractivity contribution in [3.8, 4) is 11.1 Å². The van der Waals surface area contributed by atoms with E-state index in [1.807, 2.05) is 72.8 Å². The fourth-order valence-corrected chi connectivity index (χ4v) is 2.84. The van der Waals surface area contributed by atoms with Crippen molar-refractivity contribution in [2.24, 2.45) is 0 Å². The second-order valence-electron chi connectivity index (χ2n) is 5.08. The standard InChI is InChI=1S/C20H16BrNO/c21-15-20(23)22(17-11-5-2-6-12-17)19-14-8-7-13-18(19)16-9-3-1-4-10-16/h1-14H,15H2. The largest absolute Gasteiger partial charge is 0.280 e. The van der Waals surface area contributed by atoms with Crippen molar-refractivity contribution in [3.05, 3.63) is 84.9 Å². The summed E-state index contributed by atoms with van der Waals surface area (Å²) >= 11 is 3.30. The molecule has 1 amide bonds. The molecule has 23 heavy (non-hydrogen) atoms. The van der Waals surface area contributed by atoms with Crippen molar-refractivity contribution in [3.63, 3.8) is 0 Å². The molecule has 3 rings (SSSR count). The quantitative estimate of drug-likeness (QED) is 0.565. The van der Waals surface area contributed by atoms with Gasteiger partial charge < -0.3 is 0 Å². The van der Waals surface area contributed by atoms with Gasteiger partial charge in [0.05, 0.1) is 11.0 Å². The first-order chi connectivity index (χ1) is 11.3. The summed E-state index contributed by atoms with van der Waals surface area (Å²) in [6, 6.07) is 27.8. The van der Waals surface area contributed by atoms with Crippen LogP contribution in [0, 0.1) is 0 Å². The molecule has 0 aromatic heterocycles. The van der Waals surface area contributed by atoms with Crippen molar-refractivity contribution >= 4 is 33.2 Å². The Hall–Kier alpha value is -2.39. The van der Waals surface area contributed by atoms with Gasteiger partial charge in [0, 0.05) is 11.3 Å². The summed E-state index contributed by atoms with van der Waals surface area (Å²) in [6.07, 6.45) is 0. The lowest BCUT2D eigenvalue weighted by Crippen LogP contribution is -2.27. The lowest BCUT2D eigenvalue weighted by atomic mass is 10.0. The van der Waals surface area contributed by atoms with E-state index in [-0.39, 0.29) is 11.2 Å². The molecular weight excluding hydrogens is 350 g/mol. The average Bonchev–Trinajstić information content (AvgIpc) is 2.64. The zero-order chi connectivity index (χ0) is 16.1. The summed E-state index contributed by atoms with van der Waals surface area (Å²) in [5, 5.41) is 0.269. The predicted molar refractivity (Wildman–Crippen MR) is 99.3 cm³/mol. The van der Waals surface area contributed by atoms with E-state index in [1.165, 1.54) is 0 Å². The molecular formula is C20H16BrNO. The molecule has 0 unspecified atom stereocenters. The molecule has 0 saturated heterocycles. The van der Waals surface area contributed by atoms with Crippen LogP contribution in [0.4, 0.5) is 11.4 Å². The average molecular weight is 366 g/mol. The molecule has 3 aromatic carbocycles. The van der Waals surface area contributed by atoms with Crippen LogP contribution in [0.3, 0.4) is 0 Å². The van der Waals surface area contributed by atoms with Gasteiger partial charge in [-0.1, -0.05) is 82.7 Å². The number of halogens is 1. The molecule has 0 atom stereocenters. The number of para-hydroxylation sites is 2. The van der Waals surface area contributed by atoms with Crippen LogP contribution >= 0.6 is 15.9 Å². The van der Waals surface area contributed by atoms with E-state index < -0.39 is 0 Å². The van der Waals surface area contributed by atoms with Crippen molar-refractivity contribution in [2.75, 3.05) is 10.2 Å². The molecule has 0 spiro atoms. The van der Waals surface area contributed by atoms with Gasteiger partial charge in [-0.05, 0) is 23.8 Å². The van der Waals surface area contributed by atoms with Gasteiger partial charge in [0.25, 0.3) is 0 Å². The number of carbonyl (C=O) groups excluding carboxylic acids is 1. The fourth-order valence-electron chi connectivity index (χ4n) is 2.58. The van der Waals surface area contributed by atoms with Gasteiger partial charge in [0.2, 0.25) is 5.91 Å². The molecule has 3 heteroatoms. The van der Waals surface area contributed by atoms with Gasteiger partial charge in [-0.2, -0.15) is 0 Å². The number of amides is 1. The van der Waals surface area contributed by atoms with Crippen molar-refractivity contribution in [1.29, 1.82) is 0 Å². The Kier molecular flexibility index (Phi) is 4.89. The number of hydrogen-bond acceptors (Lipinski definition) is 1. The Labute approximate surface area is 144 Å². The summed E-state index contributed by atoms with van der Waals surface area (Å²) in [6.45, 7) is 0. The third-order valence-corrected chi connectivity index (χ3v) is 4.09. The Bertz CT molecular complexity index is 787. The lowest BCUT2D eigenvalue weighted by molar-refractivity contribution is -0.115. The molecule has 0 aliphatic heterocycles.